The van der Waals surface area contributed by atoms with Gasteiger partial charge in [0.05, 0.1) is 5.02 Å². The predicted molar refractivity (Wildman–Crippen MR) is 61.5 cm³/mol. The summed E-state index contributed by atoms with van der Waals surface area (Å²) in [6, 6.07) is 1.75. The summed E-state index contributed by atoms with van der Waals surface area (Å²) in [5.41, 5.74) is 6.25. The molecule has 1 aliphatic heterocycles. The smallest absolute Gasteiger partial charge is 0.270 e. The molecule has 6 heteroatoms. The number of hydrogen-bond donors (Lipinski definition) is 2. The predicted octanol–water partition coefficient (Wildman–Crippen LogP) is 1.26. The van der Waals surface area contributed by atoms with Crippen molar-refractivity contribution in [3.05, 3.63) is 23.0 Å². The highest BCUT2D eigenvalue weighted by Gasteiger charge is 2.25. The van der Waals surface area contributed by atoms with E-state index in [1.807, 2.05) is 0 Å². The third kappa shape index (κ3) is 2.65. The number of nitrogens with one attached hydrogen (secondary N) is 1. The lowest BCUT2D eigenvalue weighted by Gasteiger charge is -2.14. The Labute approximate surface area is 99.2 Å². The van der Waals surface area contributed by atoms with E-state index in [2.05, 4.69) is 4.98 Å². The van der Waals surface area contributed by atoms with Crippen molar-refractivity contribution in [3.63, 3.8) is 0 Å². The first-order chi connectivity index (χ1) is 6.66. The van der Waals surface area contributed by atoms with Crippen molar-refractivity contribution in [2.45, 2.75) is 12.5 Å². The molecule has 1 amide bonds. The van der Waals surface area contributed by atoms with E-state index in [4.69, 9.17) is 17.3 Å². The van der Waals surface area contributed by atoms with E-state index in [1.165, 1.54) is 0 Å². The lowest BCUT2D eigenvalue weighted by atomic mass is 10.3. The molecule has 0 bridgehead atoms. The first-order valence-corrected chi connectivity index (χ1v) is 4.93. The summed E-state index contributed by atoms with van der Waals surface area (Å²) >= 11 is 5.71. The van der Waals surface area contributed by atoms with Crippen LogP contribution >= 0.6 is 24.0 Å². The molecule has 1 fully saturated rings. The Morgan fingerprint density at radius 1 is 1.67 bits per heavy atom. The molecule has 1 atom stereocenters. The summed E-state index contributed by atoms with van der Waals surface area (Å²) in [7, 11) is 0. The molecule has 1 aromatic rings. The van der Waals surface area contributed by atoms with E-state index in [1.54, 1.807) is 17.2 Å². The maximum absolute atomic E-state index is 11.8. The van der Waals surface area contributed by atoms with Gasteiger partial charge < -0.3 is 15.6 Å². The molecule has 0 spiro atoms. The number of nitrogens with two attached hydrogens (primary N) is 1. The lowest BCUT2D eigenvalue weighted by molar-refractivity contribution is 0.0786. The molecule has 84 valence electrons. The van der Waals surface area contributed by atoms with Gasteiger partial charge in [-0.15, -0.1) is 12.4 Å². The van der Waals surface area contributed by atoms with Crippen molar-refractivity contribution in [2.75, 3.05) is 13.1 Å². The van der Waals surface area contributed by atoms with Crippen LogP contribution in [0.1, 0.15) is 16.9 Å². The fourth-order valence-electron chi connectivity index (χ4n) is 1.63. The van der Waals surface area contributed by atoms with Gasteiger partial charge in [0.15, 0.2) is 0 Å². The van der Waals surface area contributed by atoms with Crippen LogP contribution in [0.4, 0.5) is 0 Å². The van der Waals surface area contributed by atoms with Gasteiger partial charge >= 0.3 is 0 Å². The van der Waals surface area contributed by atoms with Gasteiger partial charge in [-0.2, -0.15) is 0 Å². The zero-order chi connectivity index (χ0) is 10.1. The molecular formula is C9H13Cl2N3O. The molecule has 0 saturated carbocycles. The number of likely N-dealkylation sites (tertiary alicyclic amines) is 1. The highest BCUT2D eigenvalue weighted by molar-refractivity contribution is 6.30. The molecule has 2 heterocycles. The first kappa shape index (κ1) is 12.4. The Morgan fingerprint density at radius 2 is 2.40 bits per heavy atom. The maximum Gasteiger partial charge on any atom is 0.270 e. The van der Waals surface area contributed by atoms with Gasteiger partial charge in [0.1, 0.15) is 5.69 Å². The number of carbonyl (C=O) groups excluding carboxylic acids is 1. The highest BCUT2D eigenvalue weighted by Crippen LogP contribution is 2.14. The topological polar surface area (TPSA) is 62.1 Å². The van der Waals surface area contributed by atoms with Crippen LogP contribution in [0.5, 0.6) is 0 Å². The van der Waals surface area contributed by atoms with Gasteiger partial charge in [-0.25, -0.2) is 0 Å². The van der Waals surface area contributed by atoms with Crippen molar-refractivity contribution >= 4 is 29.9 Å². The average molecular weight is 250 g/mol. The van der Waals surface area contributed by atoms with Crippen LogP contribution in [0.3, 0.4) is 0 Å². The Kier molecular flexibility index (Phi) is 4.02. The highest BCUT2D eigenvalue weighted by atomic mass is 35.5. The monoisotopic (exact) mass is 249 g/mol. The van der Waals surface area contributed by atoms with Crippen molar-refractivity contribution in [1.82, 2.24) is 9.88 Å². The van der Waals surface area contributed by atoms with Crippen LogP contribution in [0, 0.1) is 0 Å². The van der Waals surface area contributed by atoms with Crippen molar-refractivity contribution < 1.29 is 4.79 Å². The number of hydrogen-bond acceptors (Lipinski definition) is 2. The summed E-state index contributed by atoms with van der Waals surface area (Å²) < 4.78 is 0. The summed E-state index contributed by atoms with van der Waals surface area (Å²) in [4.78, 5) is 16.4. The molecule has 2 rings (SSSR count). The molecule has 4 nitrogen and oxygen atoms in total. The fourth-order valence-corrected chi connectivity index (χ4v) is 1.80. The normalized spacial score (nSPS) is 20.1. The number of halogens is 2. The van der Waals surface area contributed by atoms with Crippen molar-refractivity contribution in [2.24, 2.45) is 5.73 Å². The standard InChI is InChI=1S/C9H12ClN3O.ClH/c10-6-3-8(12-4-6)9(14)13-2-1-7(11)5-13;/h3-4,7,12H,1-2,5,11H2;1H. The minimum absolute atomic E-state index is 0. The molecular weight excluding hydrogens is 237 g/mol. The first-order valence-electron chi connectivity index (χ1n) is 4.55. The second-order valence-electron chi connectivity index (χ2n) is 3.53. The number of rotatable bonds is 1. The van der Waals surface area contributed by atoms with Crippen LogP contribution in [0.15, 0.2) is 12.3 Å². The minimum Gasteiger partial charge on any atom is -0.356 e. The zero-order valence-electron chi connectivity index (χ0n) is 8.07. The largest absolute Gasteiger partial charge is 0.356 e. The Bertz CT molecular complexity index is 353. The number of carbonyl (C=O) groups is 1. The third-order valence-electron chi connectivity index (χ3n) is 2.39. The van der Waals surface area contributed by atoms with Crippen LogP contribution in [0.2, 0.25) is 5.02 Å². The quantitative estimate of drug-likeness (QED) is 0.788. The van der Waals surface area contributed by atoms with E-state index < -0.39 is 0 Å². The Hall–Kier alpha value is -0.710. The fraction of sp³-hybridized carbons (Fsp3) is 0.444. The second kappa shape index (κ2) is 4.88. The molecule has 1 aliphatic rings. The number of amides is 1. The van der Waals surface area contributed by atoms with E-state index >= 15 is 0 Å². The number of aromatic amines is 1. The Balaban J connectivity index is 0.00000112. The zero-order valence-corrected chi connectivity index (χ0v) is 9.64. The van der Waals surface area contributed by atoms with Gasteiger partial charge in [0.25, 0.3) is 5.91 Å². The molecule has 0 radical (unpaired) electrons. The number of aromatic nitrogens is 1. The van der Waals surface area contributed by atoms with Gasteiger partial charge in [0, 0.05) is 25.3 Å². The second-order valence-corrected chi connectivity index (χ2v) is 3.97. The average Bonchev–Trinajstić information content (AvgIpc) is 2.73. The summed E-state index contributed by atoms with van der Waals surface area (Å²) in [6.07, 6.45) is 2.48. The van der Waals surface area contributed by atoms with E-state index in [9.17, 15) is 4.79 Å². The van der Waals surface area contributed by atoms with Crippen LogP contribution in [-0.2, 0) is 0 Å². The van der Waals surface area contributed by atoms with Gasteiger partial charge in [-0.3, -0.25) is 4.79 Å². The number of nitrogens with zero attached hydrogens (tertiary/aromatic N) is 1. The van der Waals surface area contributed by atoms with Crippen molar-refractivity contribution in [1.29, 1.82) is 0 Å². The van der Waals surface area contributed by atoms with Crippen LogP contribution < -0.4 is 5.73 Å². The van der Waals surface area contributed by atoms with E-state index in [0.29, 0.717) is 17.3 Å². The van der Waals surface area contributed by atoms with E-state index in [0.717, 1.165) is 13.0 Å². The van der Waals surface area contributed by atoms with Gasteiger partial charge in [-0.1, -0.05) is 11.6 Å². The third-order valence-corrected chi connectivity index (χ3v) is 2.61. The van der Waals surface area contributed by atoms with Crippen molar-refractivity contribution in [3.8, 4) is 0 Å². The SMILES string of the molecule is Cl.NC1CCN(C(=O)c2cc(Cl)c[nH]2)C1. The van der Waals surface area contributed by atoms with Crippen LogP contribution in [-0.4, -0.2) is 34.9 Å². The summed E-state index contributed by atoms with van der Waals surface area (Å²) in [5, 5.41) is 0.553. The maximum atomic E-state index is 11.8. The molecule has 1 aromatic heterocycles. The van der Waals surface area contributed by atoms with Gasteiger partial charge in [0.2, 0.25) is 0 Å². The molecule has 1 saturated heterocycles. The minimum atomic E-state index is -0.0233. The molecule has 15 heavy (non-hydrogen) atoms. The van der Waals surface area contributed by atoms with Crippen LogP contribution in [0.25, 0.3) is 0 Å². The molecule has 0 aliphatic carbocycles. The summed E-state index contributed by atoms with van der Waals surface area (Å²) in [5.74, 6) is -0.0233. The van der Waals surface area contributed by atoms with E-state index in [-0.39, 0.29) is 24.4 Å². The van der Waals surface area contributed by atoms with Gasteiger partial charge in [-0.05, 0) is 12.5 Å². The Morgan fingerprint density at radius 3 is 2.87 bits per heavy atom. The molecule has 0 aromatic carbocycles. The molecule has 1 unspecified atom stereocenters. The molecule has 3 N–H and O–H groups in total. The number of H-pyrrole nitrogens is 1. The summed E-state index contributed by atoms with van der Waals surface area (Å²) in [6.45, 7) is 1.37. The lowest BCUT2D eigenvalue weighted by Crippen LogP contribution is -2.32.